The van der Waals surface area contributed by atoms with Gasteiger partial charge in [0.15, 0.2) is 0 Å². The summed E-state index contributed by atoms with van der Waals surface area (Å²) in [5.41, 5.74) is 1.85. The molecule has 0 amide bonds. The normalized spacial score (nSPS) is 10.7. The summed E-state index contributed by atoms with van der Waals surface area (Å²) in [6.07, 6.45) is 3.53. The number of fused-ring (bicyclic) bond motifs is 1. The standard InChI is InChI=1S/C15H11Cl2N3/c16-12-3-1-11-2-4-13(20-15(11)14(12)17)19-9-10-5-7-18-8-6-10/h1-8H,9H2,(H,19,20). The maximum atomic E-state index is 6.18. The molecule has 2 aromatic heterocycles. The summed E-state index contributed by atoms with van der Waals surface area (Å²) in [6.45, 7) is 0.680. The molecule has 0 spiro atoms. The van der Waals surface area contributed by atoms with Gasteiger partial charge in [0.1, 0.15) is 5.82 Å². The quantitative estimate of drug-likeness (QED) is 0.771. The van der Waals surface area contributed by atoms with Crippen molar-refractivity contribution >= 4 is 39.9 Å². The number of hydrogen-bond donors (Lipinski definition) is 1. The first-order valence-electron chi connectivity index (χ1n) is 6.11. The molecule has 0 bridgehead atoms. The van der Waals surface area contributed by atoms with Crippen LogP contribution in [0.3, 0.4) is 0 Å². The number of nitrogens with zero attached hydrogens (tertiary/aromatic N) is 2. The van der Waals surface area contributed by atoms with Crippen LogP contribution >= 0.6 is 23.2 Å². The highest BCUT2D eigenvalue weighted by Gasteiger charge is 2.06. The molecule has 20 heavy (non-hydrogen) atoms. The van der Waals surface area contributed by atoms with Gasteiger partial charge in [0, 0.05) is 24.3 Å². The van der Waals surface area contributed by atoms with Gasteiger partial charge in [-0.25, -0.2) is 4.98 Å². The van der Waals surface area contributed by atoms with Crippen molar-refractivity contribution in [3.8, 4) is 0 Å². The average molecular weight is 304 g/mol. The molecule has 3 rings (SSSR count). The van der Waals surface area contributed by atoms with E-state index in [2.05, 4.69) is 15.3 Å². The topological polar surface area (TPSA) is 37.8 Å². The summed E-state index contributed by atoms with van der Waals surface area (Å²) in [4.78, 5) is 8.49. The van der Waals surface area contributed by atoms with Crippen LogP contribution in [-0.4, -0.2) is 9.97 Å². The Morgan fingerprint density at radius 2 is 1.70 bits per heavy atom. The van der Waals surface area contributed by atoms with Gasteiger partial charge in [-0.2, -0.15) is 0 Å². The molecule has 0 aliphatic heterocycles. The van der Waals surface area contributed by atoms with Gasteiger partial charge in [-0.05, 0) is 35.9 Å². The van der Waals surface area contributed by atoms with Crippen LogP contribution in [-0.2, 0) is 6.54 Å². The highest BCUT2D eigenvalue weighted by molar-refractivity contribution is 6.45. The first-order valence-corrected chi connectivity index (χ1v) is 6.87. The molecule has 5 heteroatoms. The van der Waals surface area contributed by atoms with Gasteiger partial charge in [-0.1, -0.05) is 29.3 Å². The van der Waals surface area contributed by atoms with E-state index in [1.807, 2.05) is 30.3 Å². The van der Waals surface area contributed by atoms with Crippen LogP contribution in [0.4, 0.5) is 5.82 Å². The van der Waals surface area contributed by atoms with E-state index in [1.54, 1.807) is 18.5 Å². The summed E-state index contributed by atoms with van der Waals surface area (Å²) in [5, 5.41) is 5.22. The lowest BCUT2D eigenvalue weighted by Crippen LogP contribution is -2.01. The van der Waals surface area contributed by atoms with Gasteiger partial charge in [0.2, 0.25) is 0 Å². The molecule has 0 radical (unpaired) electrons. The second-order valence-electron chi connectivity index (χ2n) is 4.34. The fourth-order valence-corrected chi connectivity index (χ4v) is 2.29. The third-order valence-corrected chi connectivity index (χ3v) is 3.77. The molecule has 0 fully saturated rings. The van der Waals surface area contributed by atoms with Crippen LogP contribution in [0.1, 0.15) is 5.56 Å². The Balaban J connectivity index is 1.87. The van der Waals surface area contributed by atoms with E-state index in [1.165, 1.54) is 0 Å². The van der Waals surface area contributed by atoms with E-state index in [9.17, 15) is 0 Å². The molecule has 0 saturated heterocycles. The Labute approximate surface area is 126 Å². The average Bonchev–Trinajstić information content (AvgIpc) is 2.50. The van der Waals surface area contributed by atoms with E-state index >= 15 is 0 Å². The Bertz CT molecular complexity index is 745. The van der Waals surface area contributed by atoms with E-state index in [0.717, 1.165) is 16.8 Å². The minimum atomic E-state index is 0.483. The summed E-state index contributed by atoms with van der Waals surface area (Å²) < 4.78 is 0. The number of halogens is 2. The molecular formula is C15H11Cl2N3. The largest absolute Gasteiger partial charge is 0.366 e. The summed E-state index contributed by atoms with van der Waals surface area (Å²) in [6, 6.07) is 11.5. The maximum absolute atomic E-state index is 6.18. The minimum Gasteiger partial charge on any atom is -0.366 e. The Kier molecular flexibility index (Phi) is 3.72. The van der Waals surface area contributed by atoms with Crippen LogP contribution in [0.15, 0.2) is 48.8 Å². The van der Waals surface area contributed by atoms with Gasteiger partial charge in [-0.3, -0.25) is 4.98 Å². The molecule has 1 N–H and O–H groups in total. The van der Waals surface area contributed by atoms with Crippen LogP contribution in [0, 0.1) is 0 Å². The molecule has 3 aromatic rings. The van der Waals surface area contributed by atoms with Crippen molar-refractivity contribution in [3.63, 3.8) is 0 Å². The van der Waals surface area contributed by atoms with Crippen LogP contribution in [0.5, 0.6) is 0 Å². The van der Waals surface area contributed by atoms with E-state index in [-0.39, 0.29) is 0 Å². The number of aromatic nitrogens is 2. The van der Waals surface area contributed by atoms with Crippen molar-refractivity contribution in [3.05, 3.63) is 64.4 Å². The highest BCUT2D eigenvalue weighted by Crippen LogP contribution is 2.30. The predicted molar refractivity (Wildman–Crippen MR) is 83.3 cm³/mol. The highest BCUT2D eigenvalue weighted by atomic mass is 35.5. The number of nitrogens with one attached hydrogen (secondary N) is 1. The van der Waals surface area contributed by atoms with Crippen molar-refractivity contribution in [2.75, 3.05) is 5.32 Å². The summed E-state index contributed by atoms with van der Waals surface area (Å²) in [7, 11) is 0. The lowest BCUT2D eigenvalue weighted by molar-refractivity contribution is 1.11. The second-order valence-corrected chi connectivity index (χ2v) is 5.12. The van der Waals surface area contributed by atoms with Gasteiger partial charge in [0.05, 0.1) is 15.6 Å². The zero-order valence-electron chi connectivity index (χ0n) is 10.5. The van der Waals surface area contributed by atoms with Gasteiger partial charge in [-0.15, -0.1) is 0 Å². The van der Waals surface area contributed by atoms with Crippen LogP contribution in [0.2, 0.25) is 10.0 Å². The Morgan fingerprint density at radius 3 is 2.50 bits per heavy atom. The molecule has 3 nitrogen and oxygen atoms in total. The number of benzene rings is 1. The summed E-state index contributed by atoms with van der Waals surface area (Å²) >= 11 is 12.2. The van der Waals surface area contributed by atoms with Crippen molar-refractivity contribution < 1.29 is 0 Å². The van der Waals surface area contributed by atoms with Gasteiger partial charge in [0.25, 0.3) is 0 Å². The van der Waals surface area contributed by atoms with Crippen molar-refractivity contribution in [1.29, 1.82) is 0 Å². The molecule has 1 aromatic carbocycles. The molecular weight excluding hydrogens is 293 g/mol. The molecule has 0 atom stereocenters. The zero-order chi connectivity index (χ0) is 13.9. The maximum Gasteiger partial charge on any atom is 0.126 e. The third kappa shape index (κ3) is 2.69. The molecule has 0 unspecified atom stereocenters. The van der Waals surface area contributed by atoms with Crippen molar-refractivity contribution in [2.45, 2.75) is 6.54 Å². The SMILES string of the molecule is Clc1ccc2ccc(NCc3ccncc3)nc2c1Cl. The van der Waals surface area contributed by atoms with E-state index < -0.39 is 0 Å². The van der Waals surface area contributed by atoms with E-state index in [0.29, 0.717) is 22.1 Å². The molecule has 100 valence electrons. The number of pyridine rings is 2. The smallest absolute Gasteiger partial charge is 0.126 e. The van der Waals surface area contributed by atoms with Crippen LogP contribution in [0.25, 0.3) is 10.9 Å². The number of anilines is 1. The molecule has 2 heterocycles. The lowest BCUT2D eigenvalue weighted by Gasteiger charge is -2.08. The van der Waals surface area contributed by atoms with Gasteiger partial charge >= 0.3 is 0 Å². The summed E-state index contributed by atoms with van der Waals surface area (Å²) in [5.74, 6) is 0.762. The van der Waals surface area contributed by atoms with Crippen molar-refractivity contribution in [1.82, 2.24) is 9.97 Å². The predicted octanol–water partition coefficient (Wildman–Crippen LogP) is 4.55. The second kappa shape index (κ2) is 5.65. The van der Waals surface area contributed by atoms with Crippen molar-refractivity contribution in [2.24, 2.45) is 0 Å². The fraction of sp³-hybridized carbons (Fsp3) is 0.0667. The first kappa shape index (κ1) is 13.2. The molecule has 0 aliphatic rings. The molecule has 0 saturated carbocycles. The minimum absolute atomic E-state index is 0.483. The monoisotopic (exact) mass is 303 g/mol. The van der Waals surface area contributed by atoms with E-state index in [4.69, 9.17) is 23.2 Å². The Hall–Kier alpha value is -1.84. The zero-order valence-corrected chi connectivity index (χ0v) is 12.0. The first-order chi connectivity index (χ1) is 9.74. The van der Waals surface area contributed by atoms with Gasteiger partial charge < -0.3 is 5.32 Å². The number of hydrogen-bond acceptors (Lipinski definition) is 3. The van der Waals surface area contributed by atoms with Crippen LogP contribution < -0.4 is 5.32 Å². The third-order valence-electron chi connectivity index (χ3n) is 2.98. The lowest BCUT2D eigenvalue weighted by atomic mass is 10.2. The number of rotatable bonds is 3. The Morgan fingerprint density at radius 1 is 0.950 bits per heavy atom. The fourth-order valence-electron chi connectivity index (χ4n) is 1.92. The molecule has 0 aliphatic carbocycles.